The Morgan fingerprint density at radius 1 is 1.21 bits per heavy atom. The van der Waals surface area contributed by atoms with Crippen molar-refractivity contribution in [1.29, 1.82) is 0 Å². The third-order valence-corrected chi connectivity index (χ3v) is 6.20. The maximum absolute atomic E-state index is 14.9. The lowest BCUT2D eigenvalue weighted by Crippen LogP contribution is -2.47. The molecule has 3 aromatic heterocycles. The number of rotatable bonds is 4. The third-order valence-electron chi connectivity index (χ3n) is 6.20. The van der Waals surface area contributed by atoms with E-state index in [9.17, 15) is 9.18 Å². The van der Waals surface area contributed by atoms with Crippen molar-refractivity contribution in [3.63, 3.8) is 0 Å². The number of nitrogens with zero attached hydrogens (tertiary/aromatic N) is 7. The molecule has 0 bridgehead atoms. The van der Waals surface area contributed by atoms with Crippen LogP contribution >= 0.6 is 0 Å². The van der Waals surface area contributed by atoms with Crippen LogP contribution in [0.3, 0.4) is 0 Å². The highest BCUT2D eigenvalue weighted by Gasteiger charge is 2.24. The fourth-order valence-electron chi connectivity index (χ4n) is 4.47. The number of carbonyl (C=O) groups is 1. The average molecular weight is 455 g/mol. The lowest BCUT2D eigenvalue weighted by atomic mass is 10.1. The Balaban J connectivity index is 1.45. The number of amides is 1. The van der Waals surface area contributed by atoms with Crippen molar-refractivity contribution in [2.24, 2.45) is 0 Å². The second kappa shape index (κ2) is 8.99. The zero-order valence-electron chi connectivity index (χ0n) is 18.4. The zero-order chi connectivity index (χ0) is 22.9. The highest BCUT2D eigenvalue weighted by Crippen LogP contribution is 2.31. The summed E-state index contributed by atoms with van der Waals surface area (Å²) in [5, 5.41) is 9.13. The van der Waals surface area contributed by atoms with Crippen molar-refractivity contribution in [1.82, 2.24) is 34.3 Å². The van der Waals surface area contributed by atoms with Crippen molar-refractivity contribution in [2.75, 3.05) is 32.8 Å². The zero-order valence-corrected chi connectivity index (χ0v) is 18.4. The minimum absolute atomic E-state index is 0.135. The number of ether oxygens (including phenoxy) is 1. The second-order valence-electron chi connectivity index (χ2n) is 8.49. The molecule has 0 aromatic carbocycles. The van der Waals surface area contributed by atoms with E-state index in [-0.39, 0.29) is 11.8 Å². The first-order valence-corrected chi connectivity index (χ1v) is 11.2. The number of pyridine rings is 1. The van der Waals surface area contributed by atoms with Gasteiger partial charge < -0.3 is 14.7 Å². The summed E-state index contributed by atoms with van der Waals surface area (Å²) < 4.78 is 22.7. The fraction of sp³-hybridized carbons (Fsp3) is 0.500. The molecule has 10 nitrogen and oxygen atoms in total. The molecule has 1 unspecified atom stereocenters. The smallest absolute Gasteiger partial charge is 0.407 e. The van der Waals surface area contributed by atoms with Crippen LogP contribution in [0.2, 0.25) is 0 Å². The van der Waals surface area contributed by atoms with Crippen molar-refractivity contribution >= 4 is 17.3 Å². The van der Waals surface area contributed by atoms with E-state index in [4.69, 9.17) is 9.84 Å². The van der Waals surface area contributed by atoms with E-state index < -0.39 is 12.0 Å². The van der Waals surface area contributed by atoms with E-state index in [1.54, 1.807) is 19.3 Å². The first kappa shape index (κ1) is 21.7. The molecule has 11 heteroatoms. The summed E-state index contributed by atoms with van der Waals surface area (Å²) >= 11 is 0. The van der Waals surface area contributed by atoms with E-state index in [1.165, 1.54) is 11.1 Å². The van der Waals surface area contributed by atoms with Gasteiger partial charge in [0.1, 0.15) is 23.3 Å². The number of aromatic nitrogens is 5. The summed E-state index contributed by atoms with van der Waals surface area (Å²) in [4.78, 5) is 32.2. The van der Waals surface area contributed by atoms with Gasteiger partial charge in [0.05, 0.1) is 11.9 Å². The lowest BCUT2D eigenvalue weighted by Gasteiger charge is -2.33. The molecule has 2 aliphatic heterocycles. The molecule has 1 amide bonds. The van der Waals surface area contributed by atoms with Crippen LogP contribution < -0.4 is 0 Å². The van der Waals surface area contributed by atoms with Crippen LogP contribution in [0.15, 0.2) is 18.6 Å². The van der Waals surface area contributed by atoms with Crippen molar-refractivity contribution < 1.29 is 19.0 Å². The van der Waals surface area contributed by atoms with Gasteiger partial charge in [0.25, 0.3) is 0 Å². The van der Waals surface area contributed by atoms with Gasteiger partial charge in [0.2, 0.25) is 5.95 Å². The maximum Gasteiger partial charge on any atom is 0.407 e. The fourth-order valence-corrected chi connectivity index (χ4v) is 4.47. The first-order valence-electron chi connectivity index (χ1n) is 11.2. The largest absolute Gasteiger partial charge is 0.465 e. The van der Waals surface area contributed by atoms with Crippen LogP contribution in [0.5, 0.6) is 0 Å². The number of hydrogen-bond acceptors (Lipinski definition) is 7. The summed E-state index contributed by atoms with van der Waals surface area (Å²) in [7, 11) is 0. The van der Waals surface area contributed by atoms with Gasteiger partial charge in [-0.3, -0.25) is 9.47 Å². The molecule has 2 saturated heterocycles. The molecule has 0 radical (unpaired) electrons. The second-order valence-corrected chi connectivity index (χ2v) is 8.49. The molecule has 5 rings (SSSR count). The Bertz CT molecular complexity index is 1170. The number of hydrogen-bond donors (Lipinski definition) is 1. The van der Waals surface area contributed by atoms with Gasteiger partial charge in [-0.15, -0.1) is 0 Å². The monoisotopic (exact) mass is 455 g/mol. The standard InChI is InChI=1S/C22H26FN7O3/c1-14-26-18(19-21(27-14)30(13-25-19)17-4-2-3-9-33-17)16-10-15(11-24-20(16)23)12-28-5-7-29(8-6-28)22(31)32/h10-11,13,17H,2-9,12H2,1H3,(H,31,32). The highest BCUT2D eigenvalue weighted by atomic mass is 19.1. The molecule has 0 saturated carbocycles. The SMILES string of the molecule is Cc1nc(-c2cc(CN3CCN(C(=O)O)CC3)cnc2F)c2ncn(C3CCCCO3)c2n1. The predicted molar refractivity (Wildman–Crippen MR) is 117 cm³/mol. The third kappa shape index (κ3) is 4.38. The Labute approximate surface area is 190 Å². The molecule has 0 spiro atoms. The number of fused-ring (bicyclic) bond motifs is 1. The molecule has 174 valence electrons. The maximum atomic E-state index is 14.9. The number of carboxylic acid groups (broad SMARTS) is 1. The van der Waals surface area contributed by atoms with Crippen molar-refractivity contribution in [3.8, 4) is 11.3 Å². The van der Waals surface area contributed by atoms with Crippen LogP contribution in [0.1, 0.15) is 36.9 Å². The minimum Gasteiger partial charge on any atom is -0.465 e. The van der Waals surface area contributed by atoms with Gasteiger partial charge in [-0.1, -0.05) is 0 Å². The number of piperazine rings is 1. The topological polar surface area (TPSA) is 110 Å². The van der Waals surface area contributed by atoms with Crippen LogP contribution in [-0.2, 0) is 11.3 Å². The molecular weight excluding hydrogens is 429 g/mol. The summed E-state index contributed by atoms with van der Waals surface area (Å²) in [6, 6.07) is 1.75. The first-order chi connectivity index (χ1) is 16.0. The van der Waals surface area contributed by atoms with Gasteiger partial charge in [-0.05, 0) is 37.8 Å². The van der Waals surface area contributed by atoms with Crippen LogP contribution in [0, 0.1) is 12.9 Å². The molecule has 3 aromatic rings. The predicted octanol–water partition coefficient (Wildman–Crippen LogP) is 2.83. The lowest BCUT2D eigenvalue weighted by molar-refractivity contribution is -0.0298. The molecule has 1 N–H and O–H groups in total. The summed E-state index contributed by atoms with van der Waals surface area (Å²) in [6.07, 6.45) is 5.16. The van der Waals surface area contributed by atoms with Gasteiger partial charge in [0, 0.05) is 45.5 Å². The Morgan fingerprint density at radius 3 is 2.76 bits per heavy atom. The van der Waals surface area contributed by atoms with Gasteiger partial charge in [0.15, 0.2) is 5.65 Å². The van der Waals surface area contributed by atoms with Crippen molar-refractivity contribution in [2.45, 2.75) is 39.0 Å². The van der Waals surface area contributed by atoms with E-state index in [2.05, 4.69) is 24.8 Å². The van der Waals surface area contributed by atoms with Crippen molar-refractivity contribution in [3.05, 3.63) is 35.9 Å². The molecule has 2 fully saturated rings. The quantitative estimate of drug-likeness (QED) is 0.598. The van der Waals surface area contributed by atoms with E-state index in [0.717, 1.165) is 24.8 Å². The van der Waals surface area contributed by atoms with Crippen LogP contribution in [0.4, 0.5) is 9.18 Å². The van der Waals surface area contributed by atoms with Crippen LogP contribution in [-0.4, -0.2) is 78.3 Å². The normalized spacial score (nSPS) is 19.8. The molecule has 0 aliphatic carbocycles. The highest BCUT2D eigenvalue weighted by molar-refractivity contribution is 5.87. The van der Waals surface area contributed by atoms with Crippen LogP contribution in [0.25, 0.3) is 22.4 Å². The van der Waals surface area contributed by atoms with Gasteiger partial charge in [-0.25, -0.2) is 24.7 Å². The van der Waals surface area contributed by atoms with Gasteiger partial charge in [-0.2, -0.15) is 4.39 Å². The van der Waals surface area contributed by atoms with E-state index in [1.807, 2.05) is 4.57 Å². The summed E-state index contributed by atoms with van der Waals surface area (Å²) in [5.74, 6) is -0.0954. The Morgan fingerprint density at radius 2 is 2.03 bits per heavy atom. The summed E-state index contributed by atoms with van der Waals surface area (Å²) in [6.45, 7) is 5.14. The number of halogens is 1. The molecule has 2 aliphatic rings. The molecule has 33 heavy (non-hydrogen) atoms. The molecular formula is C22H26FN7O3. The van der Waals surface area contributed by atoms with E-state index >= 15 is 0 Å². The average Bonchev–Trinajstić information content (AvgIpc) is 3.24. The Hall–Kier alpha value is -3.18. The molecule has 1 atom stereocenters. The van der Waals surface area contributed by atoms with E-state index in [0.29, 0.717) is 62.0 Å². The minimum atomic E-state index is -0.901. The molecule has 5 heterocycles. The number of aryl methyl sites for hydroxylation is 1. The summed E-state index contributed by atoms with van der Waals surface area (Å²) in [5.41, 5.74) is 2.66. The number of imidazole rings is 1. The van der Waals surface area contributed by atoms with Gasteiger partial charge >= 0.3 is 6.09 Å². The Kier molecular flexibility index (Phi) is 5.90.